The average Bonchev–Trinajstić information content (AvgIpc) is 2.34. The van der Waals surface area contributed by atoms with Gasteiger partial charge in [0, 0.05) is 11.6 Å². The lowest BCUT2D eigenvalue weighted by Gasteiger charge is -2.07. The smallest absolute Gasteiger partial charge is 0.275 e. The second-order valence-electron chi connectivity index (χ2n) is 3.16. The number of amides is 1. The quantitative estimate of drug-likeness (QED) is 0.562. The van der Waals surface area contributed by atoms with Crippen LogP contribution in [0.1, 0.15) is 10.5 Å². The highest BCUT2D eigenvalue weighted by molar-refractivity contribution is 9.10. The first-order chi connectivity index (χ1) is 8.15. The number of fused-ring (bicyclic) bond motifs is 1. The lowest BCUT2D eigenvalue weighted by Crippen LogP contribution is -2.25. The SMILES string of the molecule is O=C(NCO)c1nc(Br)c2cccnc2c1O. The lowest BCUT2D eigenvalue weighted by molar-refractivity contribution is 0.0902. The van der Waals surface area contributed by atoms with Gasteiger partial charge in [-0.2, -0.15) is 0 Å². The minimum Gasteiger partial charge on any atom is -0.504 e. The second-order valence-corrected chi connectivity index (χ2v) is 3.91. The highest BCUT2D eigenvalue weighted by atomic mass is 79.9. The summed E-state index contributed by atoms with van der Waals surface area (Å²) < 4.78 is 0.404. The van der Waals surface area contributed by atoms with Gasteiger partial charge in [0.15, 0.2) is 11.4 Å². The fourth-order valence-electron chi connectivity index (χ4n) is 1.40. The molecule has 0 unspecified atom stereocenters. The van der Waals surface area contributed by atoms with E-state index >= 15 is 0 Å². The van der Waals surface area contributed by atoms with Crippen LogP contribution in [-0.4, -0.2) is 32.8 Å². The molecule has 0 aliphatic carbocycles. The Labute approximate surface area is 104 Å². The van der Waals surface area contributed by atoms with Crippen molar-refractivity contribution in [3.8, 4) is 5.75 Å². The van der Waals surface area contributed by atoms with Crippen LogP contribution in [0.4, 0.5) is 0 Å². The summed E-state index contributed by atoms with van der Waals surface area (Å²) >= 11 is 3.20. The first kappa shape index (κ1) is 11.7. The zero-order valence-corrected chi connectivity index (χ0v) is 10.1. The van der Waals surface area contributed by atoms with Crippen molar-refractivity contribution >= 4 is 32.7 Å². The molecule has 0 saturated heterocycles. The maximum Gasteiger partial charge on any atom is 0.275 e. The minimum absolute atomic E-state index is 0.183. The molecule has 0 fully saturated rings. The number of carbonyl (C=O) groups is 1. The van der Waals surface area contributed by atoms with Crippen LogP contribution in [0, 0.1) is 0 Å². The molecule has 7 heteroatoms. The summed E-state index contributed by atoms with van der Waals surface area (Å²) in [6.07, 6.45) is 1.50. The van der Waals surface area contributed by atoms with Crippen LogP contribution in [-0.2, 0) is 0 Å². The van der Waals surface area contributed by atoms with Gasteiger partial charge in [0.1, 0.15) is 16.9 Å². The van der Waals surface area contributed by atoms with Crippen molar-refractivity contribution in [2.75, 3.05) is 6.73 Å². The lowest BCUT2D eigenvalue weighted by atomic mass is 10.2. The van der Waals surface area contributed by atoms with E-state index in [0.29, 0.717) is 9.99 Å². The maximum absolute atomic E-state index is 11.5. The third-order valence-electron chi connectivity index (χ3n) is 2.14. The molecule has 0 spiro atoms. The number of rotatable bonds is 2. The Morgan fingerprint density at radius 2 is 2.29 bits per heavy atom. The maximum atomic E-state index is 11.5. The second kappa shape index (κ2) is 4.64. The van der Waals surface area contributed by atoms with Gasteiger partial charge < -0.3 is 15.5 Å². The van der Waals surface area contributed by atoms with E-state index in [4.69, 9.17) is 5.11 Å². The molecule has 0 aromatic carbocycles. The molecule has 0 saturated carbocycles. The summed E-state index contributed by atoms with van der Waals surface area (Å²) in [7, 11) is 0. The molecule has 2 aromatic heterocycles. The molecule has 0 aliphatic heterocycles. The van der Waals surface area contributed by atoms with E-state index in [1.807, 2.05) is 0 Å². The van der Waals surface area contributed by atoms with Crippen molar-refractivity contribution in [3.05, 3.63) is 28.6 Å². The van der Waals surface area contributed by atoms with Crippen molar-refractivity contribution < 1.29 is 15.0 Å². The van der Waals surface area contributed by atoms with Gasteiger partial charge in [-0.3, -0.25) is 9.78 Å². The summed E-state index contributed by atoms with van der Waals surface area (Å²) in [6.45, 7) is -0.530. The van der Waals surface area contributed by atoms with Crippen molar-refractivity contribution in [2.45, 2.75) is 0 Å². The predicted octanol–water partition coefficient (Wildman–Crippen LogP) is 0.777. The molecule has 88 valence electrons. The first-order valence-corrected chi connectivity index (χ1v) is 5.46. The van der Waals surface area contributed by atoms with Crippen molar-refractivity contribution in [1.29, 1.82) is 0 Å². The van der Waals surface area contributed by atoms with Gasteiger partial charge in [0.25, 0.3) is 5.91 Å². The van der Waals surface area contributed by atoms with Crippen LogP contribution in [0.15, 0.2) is 22.9 Å². The molecule has 0 atom stereocenters. The van der Waals surface area contributed by atoms with Gasteiger partial charge in [-0.25, -0.2) is 4.98 Å². The van der Waals surface area contributed by atoms with Crippen LogP contribution in [0.25, 0.3) is 10.9 Å². The van der Waals surface area contributed by atoms with E-state index < -0.39 is 12.6 Å². The number of nitrogens with one attached hydrogen (secondary N) is 1. The first-order valence-electron chi connectivity index (χ1n) is 4.67. The number of aromatic nitrogens is 2. The molecule has 1 amide bonds. The normalized spacial score (nSPS) is 10.5. The minimum atomic E-state index is -0.668. The molecule has 2 aromatic rings. The zero-order chi connectivity index (χ0) is 12.4. The standard InChI is InChI=1S/C10H8BrN3O3/c11-9-5-2-1-3-12-6(5)8(16)7(14-9)10(17)13-4-15/h1-3,15-16H,4H2,(H,13,17). The van der Waals surface area contributed by atoms with E-state index in [1.54, 1.807) is 12.1 Å². The molecule has 2 rings (SSSR count). The molecule has 0 aliphatic rings. The molecule has 0 bridgehead atoms. The summed E-state index contributed by atoms with van der Waals surface area (Å²) in [5.41, 5.74) is 0.0922. The topological polar surface area (TPSA) is 95.3 Å². The average molecular weight is 298 g/mol. The van der Waals surface area contributed by atoms with Gasteiger partial charge in [0.2, 0.25) is 0 Å². The third kappa shape index (κ3) is 2.06. The zero-order valence-electron chi connectivity index (χ0n) is 8.51. The molecular weight excluding hydrogens is 290 g/mol. The van der Waals surface area contributed by atoms with E-state index in [-0.39, 0.29) is 17.0 Å². The number of aliphatic hydroxyl groups is 1. The third-order valence-corrected chi connectivity index (χ3v) is 2.75. The summed E-state index contributed by atoms with van der Waals surface area (Å²) in [5, 5.41) is 21.2. The molecule has 6 nitrogen and oxygen atoms in total. The molecule has 0 radical (unpaired) electrons. The molecule has 3 N–H and O–H groups in total. The number of hydrogen-bond acceptors (Lipinski definition) is 5. The monoisotopic (exact) mass is 297 g/mol. The van der Waals surface area contributed by atoms with Gasteiger partial charge >= 0.3 is 0 Å². The van der Waals surface area contributed by atoms with Crippen LogP contribution < -0.4 is 5.32 Å². The predicted molar refractivity (Wildman–Crippen MR) is 63.5 cm³/mol. The molecular formula is C10H8BrN3O3. The number of aliphatic hydroxyl groups excluding tert-OH is 1. The van der Waals surface area contributed by atoms with E-state index in [1.165, 1.54) is 6.20 Å². The van der Waals surface area contributed by atoms with Gasteiger partial charge in [-0.15, -0.1) is 0 Å². The number of nitrogens with zero attached hydrogens (tertiary/aromatic N) is 2. The highest BCUT2D eigenvalue weighted by Gasteiger charge is 2.18. The Morgan fingerprint density at radius 1 is 1.53 bits per heavy atom. The van der Waals surface area contributed by atoms with Crippen LogP contribution >= 0.6 is 15.9 Å². The Bertz CT molecular complexity index is 588. The number of halogens is 1. The summed E-state index contributed by atoms with van der Waals surface area (Å²) in [6, 6.07) is 3.41. The number of pyridine rings is 2. The summed E-state index contributed by atoms with van der Waals surface area (Å²) in [4.78, 5) is 19.4. The Morgan fingerprint density at radius 3 is 3.00 bits per heavy atom. The highest BCUT2D eigenvalue weighted by Crippen LogP contribution is 2.30. The van der Waals surface area contributed by atoms with Crippen molar-refractivity contribution in [2.24, 2.45) is 0 Å². The number of carbonyl (C=O) groups excluding carboxylic acids is 1. The summed E-state index contributed by atoms with van der Waals surface area (Å²) in [5.74, 6) is -0.979. The van der Waals surface area contributed by atoms with E-state index in [0.717, 1.165) is 0 Å². The number of aromatic hydroxyl groups is 1. The van der Waals surface area contributed by atoms with Crippen LogP contribution in [0.3, 0.4) is 0 Å². The fraction of sp³-hybridized carbons (Fsp3) is 0.100. The number of hydrogen-bond donors (Lipinski definition) is 3. The van der Waals surface area contributed by atoms with E-state index in [2.05, 4.69) is 31.2 Å². The molecule has 17 heavy (non-hydrogen) atoms. The Balaban J connectivity index is 2.67. The molecule has 2 heterocycles. The van der Waals surface area contributed by atoms with Gasteiger partial charge in [-0.1, -0.05) is 0 Å². The fourth-order valence-corrected chi connectivity index (χ4v) is 1.90. The van der Waals surface area contributed by atoms with Gasteiger partial charge in [-0.05, 0) is 28.1 Å². The van der Waals surface area contributed by atoms with Crippen LogP contribution in [0.5, 0.6) is 5.75 Å². The van der Waals surface area contributed by atoms with Crippen molar-refractivity contribution in [3.63, 3.8) is 0 Å². The van der Waals surface area contributed by atoms with Crippen LogP contribution in [0.2, 0.25) is 0 Å². The van der Waals surface area contributed by atoms with E-state index in [9.17, 15) is 9.90 Å². The van der Waals surface area contributed by atoms with Gasteiger partial charge in [0.05, 0.1) is 0 Å². The van der Waals surface area contributed by atoms with Crippen molar-refractivity contribution in [1.82, 2.24) is 15.3 Å². The Kier molecular flexibility index (Phi) is 3.21. The Hall–Kier alpha value is -1.73. The largest absolute Gasteiger partial charge is 0.504 e.